The molecule has 50 heavy (non-hydrogen) atoms. The van der Waals surface area contributed by atoms with Gasteiger partial charge in [0.1, 0.15) is 18.8 Å². The van der Waals surface area contributed by atoms with Crippen LogP contribution in [0.15, 0.2) is 0 Å². The largest absolute Gasteiger partial charge is 0.472 e. The zero-order chi connectivity index (χ0) is 36.6. The second-order valence-electron chi connectivity index (χ2n) is 14.2. The van der Waals surface area contributed by atoms with Gasteiger partial charge in [0.25, 0.3) is 0 Å². The van der Waals surface area contributed by atoms with E-state index in [0.29, 0.717) is 6.42 Å². The Bertz CT molecular complexity index is 827. The van der Waals surface area contributed by atoms with Crippen molar-refractivity contribution in [3.05, 3.63) is 0 Å². The van der Waals surface area contributed by atoms with Gasteiger partial charge in [-0.15, -0.1) is 0 Å². The molecule has 1 aliphatic heterocycles. The molecule has 0 bridgehead atoms. The summed E-state index contributed by atoms with van der Waals surface area (Å²) in [5.74, 6) is -1.68. The zero-order valence-electron chi connectivity index (χ0n) is 31.8. The van der Waals surface area contributed by atoms with E-state index < -0.39 is 45.8 Å². The second-order valence-corrected chi connectivity index (χ2v) is 15.6. The minimum atomic E-state index is -4.57. The van der Waals surface area contributed by atoms with Gasteiger partial charge < -0.3 is 24.6 Å². The third kappa shape index (κ3) is 28.9. The van der Waals surface area contributed by atoms with Crippen molar-refractivity contribution >= 4 is 13.8 Å². The Kier molecular flexibility index (Phi) is 30.2. The minimum Gasteiger partial charge on any atom is -0.463 e. The fourth-order valence-corrected chi connectivity index (χ4v) is 6.74. The van der Waals surface area contributed by atoms with Gasteiger partial charge in [0.2, 0.25) is 0 Å². The smallest absolute Gasteiger partial charge is 0.463 e. The van der Waals surface area contributed by atoms with Crippen LogP contribution in [-0.2, 0) is 37.7 Å². The summed E-state index contributed by atoms with van der Waals surface area (Å²) < 4.78 is 33.5. The Morgan fingerprint density at radius 3 is 1.44 bits per heavy atom. The molecule has 1 rings (SSSR count). The van der Waals surface area contributed by atoms with Crippen molar-refractivity contribution < 1.29 is 52.8 Å². The van der Waals surface area contributed by atoms with Crippen LogP contribution in [0.3, 0.4) is 0 Å². The topological polar surface area (TPSA) is 157 Å². The normalized spacial score (nSPS) is 16.3. The SMILES string of the molecule is CCCCCCCCCCCCCCCC(=O)OC[C@H](COP(=O)(O)OC[C@@H](O)CO)OC1(CCCCCCCCCCCCCCC)OO1. The van der Waals surface area contributed by atoms with Crippen molar-refractivity contribution in [1.82, 2.24) is 0 Å². The van der Waals surface area contributed by atoms with Crippen molar-refractivity contribution in [2.45, 2.75) is 212 Å². The van der Waals surface area contributed by atoms with Crippen LogP contribution in [0.2, 0.25) is 0 Å². The molecule has 0 aromatic rings. The monoisotopic (exact) mass is 739 g/mol. The van der Waals surface area contributed by atoms with E-state index >= 15 is 0 Å². The first-order valence-corrected chi connectivity index (χ1v) is 21.9. The van der Waals surface area contributed by atoms with Crippen molar-refractivity contribution in [2.75, 3.05) is 26.4 Å². The summed E-state index contributed by atoms with van der Waals surface area (Å²) in [5.41, 5.74) is 0. The number of hydrogen-bond acceptors (Lipinski definition) is 10. The van der Waals surface area contributed by atoms with Crippen molar-refractivity contribution in [2.24, 2.45) is 0 Å². The van der Waals surface area contributed by atoms with Gasteiger partial charge in [-0.3, -0.25) is 13.8 Å². The first kappa shape index (κ1) is 47.4. The van der Waals surface area contributed by atoms with E-state index in [1.165, 1.54) is 128 Å². The molecule has 1 saturated heterocycles. The average Bonchev–Trinajstić information content (AvgIpc) is 3.88. The highest BCUT2D eigenvalue weighted by molar-refractivity contribution is 7.47. The summed E-state index contributed by atoms with van der Waals surface area (Å²) in [4.78, 5) is 32.9. The lowest BCUT2D eigenvalue weighted by Gasteiger charge is -2.21. The first-order chi connectivity index (χ1) is 24.3. The molecule has 1 aliphatic rings. The van der Waals surface area contributed by atoms with Crippen molar-refractivity contribution in [3.8, 4) is 0 Å². The highest BCUT2D eigenvalue weighted by Gasteiger charge is 2.52. The molecule has 0 amide bonds. The van der Waals surface area contributed by atoms with Crippen molar-refractivity contribution in [1.29, 1.82) is 0 Å². The highest BCUT2D eigenvalue weighted by atomic mass is 31.2. The van der Waals surface area contributed by atoms with Gasteiger partial charge in [-0.25, -0.2) is 4.57 Å². The van der Waals surface area contributed by atoms with Gasteiger partial charge >= 0.3 is 19.8 Å². The molecule has 0 saturated carbocycles. The summed E-state index contributed by atoms with van der Waals surface area (Å²) in [6, 6.07) is 0. The van der Waals surface area contributed by atoms with Crippen molar-refractivity contribution in [3.63, 3.8) is 0 Å². The van der Waals surface area contributed by atoms with E-state index in [2.05, 4.69) is 13.8 Å². The van der Waals surface area contributed by atoms with E-state index in [1.54, 1.807) is 0 Å². The van der Waals surface area contributed by atoms with Crippen LogP contribution in [-0.4, -0.2) is 65.7 Å². The number of carbonyl (C=O) groups excluding carboxylic acids is 1. The number of carbonyl (C=O) groups is 1. The molecule has 11 nitrogen and oxygen atoms in total. The number of hydrogen-bond donors (Lipinski definition) is 3. The molecule has 12 heteroatoms. The molecule has 0 spiro atoms. The van der Waals surface area contributed by atoms with E-state index in [-0.39, 0.29) is 19.0 Å². The second kappa shape index (κ2) is 31.9. The number of phosphoric ester groups is 1. The zero-order valence-corrected chi connectivity index (χ0v) is 32.7. The molecule has 0 aliphatic carbocycles. The number of aliphatic hydroxyl groups excluding tert-OH is 2. The van der Waals surface area contributed by atoms with Gasteiger partial charge in [-0.1, -0.05) is 168 Å². The molecular formula is C38H75O11P. The quantitative estimate of drug-likeness (QED) is 0.0181. The van der Waals surface area contributed by atoms with Gasteiger partial charge in [0.15, 0.2) is 0 Å². The van der Waals surface area contributed by atoms with Gasteiger partial charge in [0.05, 0.1) is 19.8 Å². The van der Waals surface area contributed by atoms with Gasteiger partial charge in [0, 0.05) is 12.8 Å². The number of unbranched alkanes of at least 4 members (excludes halogenated alkanes) is 24. The molecule has 1 heterocycles. The Morgan fingerprint density at radius 1 is 0.620 bits per heavy atom. The maximum absolute atomic E-state index is 12.5. The number of ether oxygens (including phenoxy) is 2. The fraction of sp³-hybridized carbons (Fsp3) is 0.974. The summed E-state index contributed by atoms with van der Waals surface area (Å²) in [6.45, 7) is 2.62. The van der Waals surface area contributed by atoms with Crippen LogP contribution in [0, 0.1) is 0 Å². The minimum absolute atomic E-state index is 0.219. The molecule has 1 fully saturated rings. The summed E-state index contributed by atoms with van der Waals surface area (Å²) in [6.07, 6.45) is 30.3. The molecule has 0 radical (unpaired) electrons. The van der Waals surface area contributed by atoms with Crippen LogP contribution < -0.4 is 0 Å². The molecule has 3 atom stereocenters. The molecule has 0 aromatic carbocycles. The number of phosphoric acid groups is 1. The number of aliphatic hydroxyl groups is 2. The predicted octanol–water partition coefficient (Wildman–Crippen LogP) is 9.98. The lowest BCUT2D eigenvalue weighted by Crippen LogP contribution is -2.33. The van der Waals surface area contributed by atoms with E-state index in [0.717, 1.165) is 38.5 Å². The number of rotatable bonds is 39. The summed E-state index contributed by atoms with van der Waals surface area (Å²) in [7, 11) is -4.57. The fourth-order valence-electron chi connectivity index (χ4n) is 5.95. The molecule has 0 aromatic heterocycles. The van der Waals surface area contributed by atoms with E-state index in [4.69, 9.17) is 33.4 Å². The number of esters is 1. The van der Waals surface area contributed by atoms with Gasteiger partial charge in [-0.2, -0.15) is 9.78 Å². The highest BCUT2D eigenvalue weighted by Crippen LogP contribution is 2.44. The standard InChI is InChI=1S/C38H75O11P/c1-3-5-7-9-11-13-15-17-19-21-23-25-27-29-37(41)44-33-36(34-46-50(42,43)45-32-35(40)31-39)47-38(48-49-38)30-28-26-24-22-20-18-16-14-12-10-8-6-4-2/h35-36,39-40H,3-34H2,1-2H3,(H,42,43)/t35-,36+/m0/s1. The summed E-state index contributed by atoms with van der Waals surface area (Å²) in [5, 5.41) is 18.4. The predicted molar refractivity (Wildman–Crippen MR) is 196 cm³/mol. The lowest BCUT2D eigenvalue weighted by atomic mass is 10.0. The molecule has 1 unspecified atom stereocenters. The first-order valence-electron chi connectivity index (χ1n) is 20.4. The molecule has 298 valence electrons. The van der Waals surface area contributed by atoms with Gasteiger partial charge in [-0.05, 0) is 12.8 Å². The van der Waals surface area contributed by atoms with E-state index in [9.17, 15) is 19.4 Å². The van der Waals surface area contributed by atoms with Crippen LogP contribution in [0.4, 0.5) is 0 Å². The van der Waals surface area contributed by atoms with Crippen LogP contribution >= 0.6 is 7.82 Å². The Labute approximate surface area is 304 Å². The Balaban J connectivity index is 2.32. The van der Waals surface area contributed by atoms with E-state index in [1.807, 2.05) is 0 Å². The van der Waals surface area contributed by atoms with Crippen LogP contribution in [0.25, 0.3) is 0 Å². The lowest BCUT2D eigenvalue weighted by molar-refractivity contribution is -0.163. The van der Waals surface area contributed by atoms with Crippen LogP contribution in [0.5, 0.6) is 0 Å². The molecular weight excluding hydrogens is 663 g/mol. The van der Waals surface area contributed by atoms with Crippen LogP contribution in [0.1, 0.15) is 194 Å². The molecule has 3 N–H and O–H groups in total. The average molecular weight is 739 g/mol. The summed E-state index contributed by atoms with van der Waals surface area (Å²) >= 11 is 0. The Morgan fingerprint density at radius 2 is 1.02 bits per heavy atom. The third-order valence-electron chi connectivity index (χ3n) is 9.18. The maximum atomic E-state index is 12.5. The third-order valence-corrected chi connectivity index (χ3v) is 10.1. The Hall–Kier alpha value is -0.620. The maximum Gasteiger partial charge on any atom is 0.472 e.